The Kier molecular flexibility index (Phi) is 9.99. The number of nitrogens with zero attached hydrogens (tertiary/aromatic N) is 2. The molecule has 2 fully saturated rings. The minimum atomic E-state index is -0.882. The summed E-state index contributed by atoms with van der Waals surface area (Å²) in [4.78, 5) is 43.9. The van der Waals surface area contributed by atoms with Crippen LogP contribution in [0.2, 0.25) is 0 Å². The largest absolute Gasteiger partial charge is 0.448 e. The molecule has 0 saturated carbocycles. The van der Waals surface area contributed by atoms with Gasteiger partial charge in [0, 0.05) is 18.4 Å². The number of halogens is 1. The fourth-order valence-electron chi connectivity index (χ4n) is 5.09. The zero-order chi connectivity index (χ0) is 29.5. The Bertz CT molecular complexity index is 1380. The number of nitrogens with one attached hydrogen (secondary N) is 1. The molecule has 2 saturated heterocycles. The average Bonchev–Trinajstić information content (AvgIpc) is 3.04. The van der Waals surface area contributed by atoms with E-state index in [4.69, 9.17) is 9.47 Å². The van der Waals surface area contributed by atoms with Crippen molar-refractivity contribution >= 4 is 46.3 Å². The molecule has 2 aliphatic heterocycles. The van der Waals surface area contributed by atoms with E-state index in [1.54, 1.807) is 0 Å². The van der Waals surface area contributed by atoms with E-state index < -0.39 is 29.4 Å². The Morgan fingerprint density at radius 3 is 2.00 bits per heavy atom. The Hall–Kier alpha value is -3.60. The first-order chi connectivity index (χ1) is 20.5. The molecule has 8 nitrogen and oxygen atoms in total. The van der Waals surface area contributed by atoms with Crippen molar-refractivity contribution in [3.05, 3.63) is 119 Å². The Morgan fingerprint density at radius 2 is 1.48 bits per heavy atom. The van der Waals surface area contributed by atoms with E-state index in [0.717, 1.165) is 16.7 Å². The van der Waals surface area contributed by atoms with Crippen LogP contribution in [0.5, 0.6) is 0 Å². The maximum atomic E-state index is 14.2. The molecule has 1 N–H and O–H groups in total. The lowest BCUT2D eigenvalue weighted by atomic mass is 10.0. The number of β-lactam (4-membered cyclic amide) rings is 1. The van der Waals surface area contributed by atoms with E-state index in [1.807, 2.05) is 95.9 Å². The van der Waals surface area contributed by atoms with Gasteiger partial charge in [0.15, 0.2) is 11.8 Å². The molecule has 0 radical (unpaired) electrons. The first-order valence-corrected chi connectivity index (χ1v) is 15.4. The maximum Gasteiger partial charge on any atom is 0.357 e. The number of rotatable bonds is 10. The standard InChI is InChI=1S/C32H32BrN3O5S/c33-21-25(35-16-18-40-19-17-35)28(32(39)41-29(23-12-6-2-7-13-23)24-14-8-3-9-15-24)36-30(38)27(31(36)42)34-26(37)20-22-10-4-1-5-11-22/h1-15,27,29,31,42H,16-21H2,(H,34,37)/b28-25+. The number of amides is 2. The van der Waals surface area contributed by atoms with Crippen LogP contribution in [0.15, 0.2) is 102 Å². The van der Waals surface area contributed by atoms with E-state index in [1.165, 1.54) is 4.90 Å². The zero-order valence-electron chi connectivity index (χ0n) is 22.9. The molecule has 3 aromatic rings. The number of esters is 1. The lowest BCUT2D eigenvalue weighted by Gasteiger charge is -2.46. The smallest absolute Gasteiger partial charge is 0.357 e. The van der Waals surface area contributed by atoms with Gasteiger partial charge in [-0.1, -0.05) is 107 Å². The van der Waals surface area contributed by atoms with Crippen molar-refractivity contribution in [2.45, 2.75) is 23.9 Å². The van der Waals surface area contributed by atoms with Crippen LogP contribution in [-0.4, -0.2) is 70.6 Å². The summed E-state index contributed by atoms with van der Waals surface area (Å²) in [5.74, 6) is -1.38. The van der Waals surface area contributed by atoms with Gasteiger partial charge in [-0.25, -0.2) is 4.79 Å². The van der Waals surface area contributed by atoms with Crippen molar-refractivity contribution in [2.75, 3.05) is 31.6 Å². The number of hydrogen-bond acceptors (Lipinski definition) is 7. The normalized spacial score (nSPS) is 19.2. The van der Waals surface area contributed by atoms with Crippen LogP contribution in [0.1, 0.15) is 22.8 Å². The number of thiol groups is 1. The van der Waals surface area contributed by atoms with Gasteiger partial charge in [-0.05, 0) is 16.7 Å². The SMILES string of the molecule is O=C(Cc1ccccc1)NC1C(=O)N(/C(C(=O)OC(c2ccccc2)c2ccccc2)=C(\CBr)N2CCOCC2)C1S. The summed E-state index contributed by atoms with van der Waals surface area (Å²) in [5, 5.41) is 2.33. The number of carbonyl (C=O) groups excluding carboxylic acids is 3. The molecule has 0 aromatic heterocycles. The van der Waals surface area contributed by atoms with E-state index in [9.17, 15) is 14.4 Å². The first kappa shape index (κ1) is 29.9. The molecule has 2 heterocycles. The van der Waals surface area contributed by atoms with E-state index in [2.05, 4.69) is 33.9 Å². The molecule has 0 bridgehead atoms. The Balaban J connectivity index is 1.44. The minimum Gasteiger partial charge on any atom is -0.448 e. The second-order valence-electron chi connectivity index (χ2n) is 9.96. The zero-order valence-corrected chi connectivity index (χ0v) is 25.4. The average molecular weight is 651 g/mol. The predicted octanol–water partition coefficient (Wildman–Crippen LogP) is 4.08. The lowest BCUT2D eigenvalue weighted by Crippen LogP contribution is -2.69. The molecule has 2 unspecified atom stereocenters. The van der Waals surface area contributed by atoms with Crippen molar-refractivity contribution in [1.29, 1.82) is 0 Å². The second kappa shape index (κ2) is 14.0. The quantitative estimate of drug-likeness (QED) is 0.113. The fourth-order valence-corrected chi connectivity index (χ4v) is 6.14. The van der Waals surface area contributed by atoms with E-state index in [0.29, 0.717) is 37.3 Å². The molecule has 218 valence electrons. The molecular weight excluding hydrogens is 618 g/mol. The van der Waals surface area contributed by atoms with Crippen molar-refractivity contribution in [3.8, 4) is 0 Å². The summed E-state index contributed by atoms with van der Waals surface area (Å²) in [6.45, 7) is 2.09. The van der Waals surface area contributed by atoms with Crippen LogP contribution >= 0.6 is 28.6 Å². The molecule has 2 atom stereocenters. The minimum absolute atomic E-state index is 0.101. The molecule has 0 aliphatic carbocycles. The molecule has 5 rings (SSSR count). The molecule has 2 aliphatic rings. The van der Waals surface area contributed by atoms with Crippen LogP contribution < -0.4 is 5.32 Å². The second-order valence-corrected chi connectivity index (χ2v) is 11.1. The summed E-state index contributed by atoms with van der Waals surface area (Å²) < 4.78 is 11.7. The van der Waals surface area contributed by atoms with Gasteiger partial charge in [-0.2, -0.15) is 12.6 Å². The number of allylic oxidation sites excluding steroid dienone is 1. The summed E-state index contributed by atoms with van der Waals surface area (Å²) in [6, 6.07) is 27.4. The maximum absolute atomic E-state index is 14.2. The number of alkyl halides is 1. The van der Waals surface area contributed by atoms with Crippen LogP contribution in [0.25, 0.3) is 0 Å². The molecule has 10 heteroatoms. The third-order valence-electron chi connectivity index (χ3n) is 7.25. The molecule has 2 amide bonds. The third kappa shape index (κ3) is 6.72. The van der Waals surface area contributed by atoms with Gasteiger partial charge < -0.3 is 19.7 Å². The van der Waals surface area contributed by atoms with Gasteiger partial charge in [-0.15, -0.1) is 0 Å². The van der Waals surface area contributed by atoms with Gasteiger partial charge in [0.05, 0.1) is 25.3 Å². The molecule has 42 heavy (non-hydrogen) atoms. The van der Waals surface area contributed by atoms with Crippen LogP contribution in [0, 0.1) is 0 Å². The highest BCUT2D eigenvalue weighted by atomic mass is 79.9. The Labute approximate surface area is 259 Å². The summed E-state index contributed by atoms with van der Waals surface area (Å²) in [5.41, 5.74) is 3.13. The highest BCUT2D eigenvalue weighted by molar-refractivity contribution is 9.09. The highest BCUT2D eigenvalue weighted by Crippen LogP contribution is 2.35. The van der Waals surface area contributed by atoms with Crippen LogP contribution in [0.3, 0.4) is 0 Å². The van der Waals surface area contributed by atoms with Crippen molar-refractivity contribution in [3.63, 3.8) is 0 Å². The number of morpholine rings is 1. The molecule has 3 aromatic carbocycles. The first-order valence-electron chi connectivity index (χ1n) is 13.7. The topological polar surface area (TPSA) is 88.2 Å². The summed E-state index contributed by atoms with van der Waals surface area (Å²) in [6.07, 6.45) is -0.571. The number of ether oxygens (including phenoxy) is 2. The third-order valence-corrected chi connectivity index (χ3v) is 8.31. The van der Waals surface area contributed by atoms with Crippen molar-refractivity contribution < 1.29 is 23.9 Å². The highest BCUT2D eigenvalue weighted by Gasteiger charge is 2.51. The monoisotopic (exact) mass is 649 g/mol. The van der Waals surface area contributed by atoms with Crippen molar-refractivity contribution in [1.82, 2.24) is 15.1 Å². The van der Waals surface area contributed by atoms with Gasteiger partial charge in [0.25, 0.3) is 5.91 Å². The number of benzene rings is 3. The summed E-state index contributed by atoms with van der Waals surface area (Å²) in [7, 11) is 0. The fraction of sp³-hybridized carbons (Fsp3) is 0.281. The van der Waals surface area contributed by atoms with Gasteiger partial charge in [0.2, 0.25) is 5.91 Å². The predicted molar refractivity (Wildman–Crippen MR) is 166 cm³/mol. The molecular formula is C32H32BrN3O5S. The van der Waals surface area contributed by atoms with E-state index >= 15 is 0 Å². The van der Waals surface area contributed by atoms with Crippen LogP contribution in [-0.2, 0) is 30.3 Å². The number of likely N-dealkylation sites (tertiary alicyclic amines) is 1. The molecule has 0 spiro atoms. The van der Waals surface area contributed by atoms with Gasteiger partial charge in [0.1, 0.15) is 11.4 Å². The van der Waals surface area contributed by atoms with Crippen LogP contribution in [0.4, 0.5) is 0 Å². The van der Waals surface area contributed by atoms with Gasteiger partial charge in [-0.3, -0.25) is 14.5 Å². The Morgan fingerprint density at radius 1 is 0.929 bits per heavy atom. The summed E-state index contributed by atoms with van der Waals surface area (Å²) >= 11 is 8.24. The van der Waals surface area contributed by atoms with Gasteiger partial charge >= 0.3 is 5.97 Å². The number of hydrogen-bond donors (Lipinski definition) is 2. The van der Waals surface area contributed by atoms with Crippen molar-refractivity contribution in [2.24, 2.45) is 0 Å². The number of carbonyl (C=O) groups is 3. The van der Waals surface area contributed by atoms with E-state index in [-0.39, 0.29) is 18.0 Å². The lowest BCUT2D eigenvalue weighted by molar-refractivity contribution is -0.154.